The maximum Gasteiger partial charge on any atom is 0.241 e. The fourth-order valence-corrected chi connectivity index (χ4v) is 3.13. The van der Waals surface area contributed by atoms with Gasteiger partial charge in [-0.1, -0.05) is 13.0 Å². The van der Waals surface area contributed by atoms with E-state index in [0.717, 1.165) is 0 Å². The van der Waals surface area contributed by atoms with E-state index in [1.807, 2.05) is 13.8 Å². The van der Waals surface area contributed by atoms with Crippen molar-refractivity contribution in [2.45, 2.75) is 26.3 Å². The maximum atomic E-state index is 12.4. The molecule has 0 aliphatic carbocycles. The maximum absolute atomic E-state index is 12.4. The summed E-state index contributed by atoms with van der Waals surface area (Å²) in [5, 5.41) is 12.3. The van der Waals surface area contributed by atoms with Gasteiger partial charge in [-0.05, 0) is 54.3 Å². The molecule has 0 heterocycles. The van der Waals surface area contributed by atoms with Crippen LogP contribution in [0.15, 0.2) is 36.4 Å². The zero-order chi connectivity index (χ0) is 23.7. The number of hydrogen-bond donors (Lipinski definition) is 2. The second-order valence-electron chi connectivity index (χ2n) is 6.75. The Morgan fingerprint density at radius 1 is 1.06 bits per heavy atom. The van der Waals surface area contributed by atoms with Gasteiger partial charge >= 0.3 is 0 Å². The Hall–Kier alpha value is -3.70. The molecule has 0 fully saturated rings. The third kappa shape index (κ3) is 5.50. The van der Waals surface area contributed by atoms with Gasteiger partial charge < -0.3 is 30.0 Å². The number of hydrogen-bond acceptors (Lipinski definition) is 7. The van der Waals surface area contributed by atoms with Crippen LogP contribution in [-0.2, 0) is 4.79 Å². The summed E-state index contributed by atoms with van der Waals surface area (Å²) in [5.74, 6) is 1.57. The molecule has 0 aliphatic rings. The molecule has 0 radical (unpaired) electrons. The molecule has 0 aliphatic heterocycles. The Bertz CT molecular complexity index is 1030. The molecule has 0 saturated heterocycles. The first-order valence-electron chi connectivity index (χ1n) is 10.2. The minimum atomic E-state index is -0.642. The number of carbonyl (C=O) groups is 1. The number of methoxy groups -OCH3 is 3. The number of nitrogens with one attached hydrogen (secondary N) is 1. The molecule has 8 nitrogen and oxygen atoms in total. The first-order chi connectivity index (χ1) is 15.4. The van der Waals surface area contributed by atoms with Crippen LogP contribution in [0.4, 0.5) is 5.69 Å². The molecule has 0 bridgehead atoms. The Balaban J connectivity index is 2.62. The van der Waals surface area contributed by atoms with Gasteiger partial charge in [0, 0.05) is 6.08 Å². The molecular weight excluding hydrogens is 410 g/mol. The van der Waals surface area contributed by atoms with Crippen LogP contribution >= 0.6 is 0 Å². The zero-order valence-corrected chi connectivity index (χ0v) is 19.0. The van der Waals surface area contributed by atoms with E-state index in [2.05, 4.69) is 11.4 Å². The summed E-state index contributed by atoms with van der Waals surface area (Å²) in [5.41, 5.74) is 8.27. The molecule has 0 aromatic heterocycles. The number of nitrogens with zero attached hydrogens (tertiary/aromatic N) is 1. The van der Waals surface area contributed by atoms with Crippen LogP contribution in [0.2, 0.25) is 0 Å². The molecule has 1 atom stereocenters. The standard InChI is InChI=1S/C24H29N3O5/c1-6-18(26)24(28)27-19-12-15(8-9-20(19)29-3)17(10-11-25)16-13-21(30-4)23(31-5)22(14-16)32-7-2/h8-10,12-14,18H,6-7,26H2,1-5H3,(H,27,28)/b17-10+. The van der Waals surface area contributed by atoms with E-state index in [1.165, 1.54) is 27.4 Å². The normalized spacial score (nSPS) is 11.8. The molecule has 1 amide bonds. The van der Waals surface area contributed by atoms with Crippen LogP contribution < -0.4 is 30.0 Å². The van der Waals surface area contributed by atoms with E-state index in [0.29, 0.717) is 58.4 Å². The number of amides is 1. The van der Waals surface area contributed by atoms with E-state index in [-0.39, 0.29) is 5.91 Å². The van der Waals surface area contributed by atoms with Gasteiger partial charge in [-0.25, -0.2) is 0 Å². The van der Waals surface area contributed by atoms with Crippen molar-refractivity contribution in [1.82, 2.24) is 0 Å². The summed E-state index contributed by atoms with van der Waals surface area (Å²) in [4.78, 5) is 12.4. The summed E-state index contributed by atoms with van der Waals surface area (Å²) in [6.07, 6.45) is 1.92. The quantitative estimate of drug-likeness (QED) is 0.542. The van der Waals surface area contributed by atoms with Crippen molar-refractivity contribution in [1.29, 1.82) is 5.26 Å². The predicted octanol–water partition coefficient (Wildman–Crippen LogP) is 3.74. The van der Waals surface area contributed by atoms with Gasteiger partial charge in [0.1, 0.15) is 5.75 Å². The Labute approximate surface area is 188 Å². The second-order valence-corrected chi connectivity index (χ2v) is 6.75. The van der Waals surface area contributed by atoms with Crippen molar-refractivity contribution in [3.8, 4) is 29.1 Å². The first kappa shape index (κ1) is 24.6. The highest BCUT2D eigenvalue weighted by Crippen LogP contribution is 2.42. The number of anilines is 1. The van der Waals surface area contributed by atoms with Gasteiger partial charge in [-0.3, -0.25) is 4.79 Å². The molecule has 3 N–H and O–H groups in total. The molecule has 32 heavy (non-hydrogen) atoms. The molecule has 1 unspecified atom stereocenters. The average Bonchev–Trinajstić information content (AvgIpc) is 2.81. The van der Waals surface area contributed by atoms with E-state index in [4.69, 9.17) is 24.7 Å². The number of nitriles is 1. The van der Waals surface area contributed by atoms with Gasteiger partial charge in [0.25, 0.3) is 0 Å². The van der Waals surface area contributed by atoms with Crippen molar-refractivity contribution in [3.05, 3.63) is 47.5 Å². The highest BCUT2D eigenvalue weighted by Gasteiger charge is 2.19. The average molecular weight is 440 g/mol. The molecule has 170 valence electrons. The van der Waals surface area contributed by atoms with Gasteiger partial charge in [-0.15, -0.1) is 0 Å². The number of ether oxygens (including phenoxy) is 4. The minimum absolute atomic E-state index is 0.321. The lowest BCUT2D eigenvalue weighted by molar-refractivity contribution is -0.117. The number of allylic oxidation sites excluding steroid dienone is 1. The predicted molar refractivity (Wildman–Crippen MR) is 123 cm³/mol. The molecule has 2 rings (SSSR count). The number of carbonyl (C=O) groups excluding carboxylic acids is 1. The van der Waals surface area contributed by atoms with Crippen LogP contribution in [-0.4, -0.2) is 39.9 Å². The second kappa shape index (κ2) is 11.6. The largest absolute Gasteiger partial charge is 0.495 e. The number of nitrogens with two attached hydrogens (primary N) is 1. The lowest BCUT2D eigenvalue weighted by atomic mass is 9.96. The van der Waals surface area contributed by atoms with Gasteiger partial charge in [-0.2, -0.15) is 5.26 Å². The Morgan fingerprint density at radius 2 is 1.75 bits per heavy atom. The smallest absolute Gasteiger partial charge is 0.241 e. The SMILES string of the molecule is CCOc1cc(/C(=C/C#N)c2ccc(OC)c(NC(=O)C(N)CC)c2)cc(OC)c1OC. The van der Waals surface area contributed by atoms with Crippen molar-refractivity contribution in [3.63, 3.8) is 0 Å². The highest BCUT2D eigenvalue weighted by molar-refractivity contribution is 5.97. The van der Waals surface area contributed by atoms with Gasteiger partial charge in [0.15, 0.2) is 11.5 Å². The lowest BCUT2D eigenvalue weighted by Gasteiger charge is -2.18. The monoisotopic (exact) mass is 439 g/mol. The summed E-state index contributed by atoms with van der Waals surface area (Å²) >= 11 is 0. The molecule has 2 aromatic carbocycles. The molecule has 0 saturated carbocycles. The summed E-state index contributed by atoms with van der Waals surface area (Å²) in [7, 11) is 4.58. The minimum Gasteiger partial charge on any atom is -0.495 e. The fraction of sp³-hybridized carbons (Fsp3) is 0.333. The van der Waals surface area contributed by atoms with Gasteiger partial charge in [0.05, 0.1) is 45.7 Å². The summed E-state index contributed by atoms with van der Waals surface area (Å²) in [6, 6.07) is 10.2. The zero-order valence-electron chi connectivity index (χ0n) is 19.0. The van der Waals surface area contributed by atoms with Crippen molar-refractivity contribution in [2.75, 3.05) is 33.3 Å². The van der Waals surface area contributed by atoms with E-state index in [1.54, 1.807) is 30.3 Å². The van der Waals surface area contributed by atoms with Crippen molar-refractivity contribution < 1.29 is 23.7 Å². The molecule has 8 heteroatoms. The third-order valence-corrected chi connectivity index (χ3v) is 4.81. The first-order valence-corrected chi connectivity index (χ1v) is 10.2. The highest BCUT2D eigenvalue weighted by atomic mass is 16.5. The number of rotatable bonds is 10. The Kier molecular flexibility index (Phi) is 8.93. The molecule has 0 spiro atoms. The molecule has 2 aromatic rings. The van der Waals surface area contributed by atoms with E-state index < -0.39 is 6.04 Å². The van der Waals surface area contributed by atoms with Crippen molar-refractivity contribution >= 4 is 17.2 Å². The van der Waals surface area contributed by atoms with Crippen LogP contribution in [0.25, 0.3) is 5.57 Å². The Morgan fingerprint density at radius 3 is 2.31 bits per heavy atom. The van der Waals surface area contributed by atoms with Gasteiger partial charge in [0.2, 0.25) is 11.7 Å². The van der Waals surface area contributed by atoms with Crippen molar-refractivity contribution in [2.24, 2.45) is 5.73 Å². The van der Waals surface area contributed by atoms with E-state index >= 15 is 0 Å². The molecular formula is C24H29N3O5. The number of benzene rings is 2. The third-order valence-electron chi connectivity index (χ3n) is 4.81. The summed E-state index contributed by atoms with van der Waals surface area (Å²) in [6.45, 7) is 4.12. The van der Waals surface area contributed by atoms with Crippen LogP contribution in [0.5, 0.6) is 23.0 Å². The van der Waals surface area contributed by atoms with Crippen LogP contribution in [0.1, 0.15) is 31.4 Å². The van der Waals surface area contributed by atoms with Crippen LogP contribution in [0.3, 0.4) is 0 Å². The topological polar surface area (TPSA) is 116 Å². The van der Waals surface area contributed by atoms with Crippen LogP contribution in [0, 0.1) is 11.3 Å². The lowest BCUT2D eigenvalue weighted by Crippen LogP contribution is -2.34. The fourth-order valence-electron chi connectivity index (χ4n) is 3.13. The van der Waals surface area contributed by atoms with E-state index in [9.17, 15) is 10.1 Å². The summed E-state index contributed by atoms with van der Waals surface area (Å²) < 4.78 is 22.0.